The molecule has 1 aliphatic rings. The summed E-state index contributed by atoms with van der Waals surface area (Å²) in [5, 5.41) is 3.80. The maximum Gasteiger partial charge on any atom is 0.266 e. The van der Waals surface area contributed by atoms with Crippen LogP contribution in [0.4, 0.5) is 8.78 Å². The number of aromatic nitrogens is 3. The van der Waals surface area contributed by atoms with Gasteiger partial charge in [-0.05, 0) is 42.7 Å². The molecule has 1 aliphatic heterocycles. The van der Waals surface area contributed by atoms with Gasteiger partial charge in [0.25, 0.3) is 5.89 Å². The van der Waals surface area contributed by atoms with E-state index in [-0.39, 0.29) is 24.7 Å². The lowest BCUT2D eigenvalue weighted by Crippen LogP contribution is -2.46. The summed E-state index contributed by atoms with van der Waals surface area (Å²) < 4.78 is 60.7. The van der Waals surface area contributed by atoms with Gasteiger partial charge in [0.1, 0.15) is 5.82 Å². The zero-order chi connectivity index (χ0) is 20.5. The van der Waals surface area contributed by atoms with E-state index in [1.165, 1.54) is 24.4 Å². The molecule has 1 aromatic carbocycles. The number of benzene rings is 1. The van der Waals surface area contributed by atoms with Gasteiger partial charge in [-0.1, -0.05) is 17.3 Å². The Morgan fingerprint density at radius 1 is 1.24 bits per heavy atom. The minimum absolute atomic E-state index is 0.0632. The van der Waals surface area contributed by atoms with Gasteiger partial charge >= 0.3 is 0 Å². The Balaban J connectivity index is 1.55. The normalized spacial score (nSPS) is 20.6. The first-order valence-electron chi connectivity index (χ1n) is 9.01. The fourth-order valence-electron chi connectivity index (χ4n) is 3.33. The van der Waals surface area contributed by atoms with Gasteiger partial charge in [0.05, 0.1) is 12.3 Å². The lowest BCUT2D eigenvalue weighted by Gasteiger charge is -2.34. The fraction of sp³-hybridized carbons (Fsp3) is 0.316. The first-order valence-corrected chi connectivity index (χ1v) is 10.6. The number of sulfonamides is 1. The molecule has 4 rings (SSSR count). The molecule has 1 unspecified atom stereocenters. The molecule has 152 valence electrons. The summed E-state index contributed by atoms with van der Waals surface area (Å²) in [5.41, 5.74) is -1.23. The van der Waals surface area contributed by atoms with Crippen molar-refractivity contribution >= 4 is 10.0 Å². The van der Waals surface area contributed by atoms with Crippen molar-refractivity contribution in [3.8, 4) is 11.4 Å². The highest BCUT2D eigenvalue weighted by molar-refractivity contribution is 7.88. The lowest BCUT2D eigenvalue weighted by atomic mass is 9.96. The van der Waals surface area contributed by atoms with E-state index in [4.69, 9.17) is 4.52 Å². The van der Waals surface area contributed by atoms with Crippen LogP contribution in [0.5, 0.6) is 0 Å². The predicted octanol–water partition coefficient (Wildman–Crippen LogP) is 3.06. The molecule has 7 nitrogen and oxygen atoms in total. The van der Waals surface area contributed by atoms with Gasteiger partial charge in [-0.15, -0.1) is 0 Å². The van der Waals surface area contributed by atoms with Crippen LogP contribution < -0.4 is 0 Å². The van der Waals surface area contributed by atoms with Crippen LogP contribution in [0.1, 0.15) is 24.3 Å². The molecule has 0 amide bonds. The van der Waals surface area contributed by atoms with Crippen LogP contribution in [0.3, 0.4) is 0 Å². The van der Waals surface area contributed by atoms with Gasteiger partial charge in [0, 0.05) is 24.5 Å². The van der Waals surface area contributed by atoms with Crippen molar-refractivity contribution in [2.45, 2.75) is 24.3 Å². The quantitative estimate of drug-likeness (QED) is 0.630. The lowest BCUT2D eigenvalue weighted by molar-refractivity contribution is 0.0469. The van der Waals surface area contributed by atoms with E-state index in [1.54, 1.807) is 18.3 Å². The molecule has 3 heterocycles. The Kier molecular flexibility index (Phi) is 5.13. The van der Waals surface area contributed by atoms with E-state index in [2.05, 4.69) is 15.1 Å². The number of hydrogen-bond donors (Lipinski definition) is 0. The monoisotopic (exact) mass is 420 g/mol. The number of nitrogens with zero attached hydrogens (tertiary/aromatic N) is 4. The van der Waals surface area contributed by atoms with Crippen LogP contribution in [0.2, 0.25) is 0 Å². The molecule has 0 saturated carbocycles. The molecule has 0 aliphatic carbocycles. The molecular weight excluding hydrogens is 402 g/mol. The number of rotatable bonds is 5. The van der Waals surface area contributed by atoms with Crippen molar-refractivity contribution in [1.82, 2.24) is 19.4 Å². The Hall–Kier alpha value is -2.72. The number of piperidine rings is 1. The Labute approximate surface area is 166 Å². The van der Waals surface area contributed by atoms with Crippen LogP contribution in [0.15, 0.2) is 53.3 Å². The molecule has 10 heteroatoms. The third-order valence-corrected chi connectivity index (χ3v) is 6.56. The molecule has 29 heavy (non-hydrogen) atoms. The molecule has 0 bridgehead atoms. The second-order valence-corrected chi connectivity index (χ2v) is 8.92. The molecular formula is C19H18F2N4O3S. The van der Waals surface area contributed by atoms with E-state index in [1.807, 2.05) is 0 Å². The van der Waals surface area contributed by atoms with Gasteiger partial charge in [-0.2, -0.15) is 9.29 Å². The van der Waals surface area contributed by atoms with E-state index in [0.29, 0.717) is 17.5 Å². The number of hydrogen-bond acceptors (Lipinski definition) is 6. The van der Waals surface area contributed by atoms with Crippen molar-refractivity contribution in [1.29, 1.82) is 0 Å². The highest BCUT2D eigenvalue weighted by atomic mass is 32.2. The minimum atomic E-state index is -3.85. The minimum Gasteiger partial charge on any atom is -0.335 e. The number of alkyl halides is 1. The van der Waals surface area contributed by atoms with Crippen molar-refractivity contribution in [3.63, 3.8) is 0 Å². The average Bonchev–Trinajstić information content (AvgIpc) is 3.20. The molecule has 1 atom stereocenters. The van der Waals surface area contributed by atoms with Crippen LogP contribution in [-0.4, -0.2) is 40.9 Å². The van der Waals surface area contributed by atoms with Gasteiger partial charge in [-0.25, -0.2) is 17.2 Å². The molecule has 0 radical (unpaired) electrons. The second kappa shape index (κ2) is 7.60. The fourth-order valence-corrected chi connectivity index (χ4v) is 4.92. The molecule has 1 fully saturated rings. The van der Waals surface area contributed by atoms with Gasteiger partial charge in [-0.3, -0.25) is 4.98 Å². The predicted molar refractivity (Wildman–Crippen MR) is 100 cm³/mol. The van der Waals surface area contributed by atoms with E-state index in [0.717, 1.165) is 10.4 Å². The maximum absolute atomic E-state index is 15.6. The zero-order valence-corrected chi connectivity index (χ0v) is 16.1. The van der Waals surface area contributed by atoms with E-state index < -0.39 is 33.8 Å². The summed E-state index contributed by atoms with van der Waals surface area (Å²) in [6.07, 6.45) is 3.47. The second-order valence-electron chi connectivity index (χ2n) is 6.95. The van der Waals surface area contributed by atoms with E-state index >= 15 is 4.39 Å². The molecule has 1 saturated heterocycles. The third-order valence-electron chi connectivity index (χ3n) is 4.77. The Morgan fingerprint density at radius 2 is 2.10 bits per heavy atom. The highest BCUT2D eigenvalue weighted by Gasteiger charge is 2.45. The maximum atomic E-state index is 15.6. The van der Waals surface area contributed by atoms with E-state index in [9.17, 15) is 12.8 Å². The van der Waals surface area contributed by atoms with Gasteiger partial charge in [0.15, 0.2) is 0 Å². The third kappa shape index (κ3) is 4.18. The van der Waals surface area contributed by atoms with Gasteiger partial charge < -0.3 is 4.52 Å². The Bertz CT molecular complexity index is 1110. The van der Waals surface area contributed by atoms with Crippen LogP contribution in [0.25, 0.3) is 11.4 Å². The number of halogens is 2. The first-order chi connectivity index (χ1) is 13.9. The molecule has 0 spiro atoms. The van der Waals surface area contributed by atoms with Crippen molar-refractivity contribution in [2.24, 2.45) is 0 Å². The summed E-state index contributed by atoms with van der Waals surface area (Å²) >= 11 is 0. The zero-order valence-electron chi connectivity index (χ0n) is 15.3. The van der Waals surface area contributed by atoms with Crippen LogP contribution >= 0.6 is 0 Å². The number of pyridine rings is 1. The summed E-state index contributed by atoms with van der Waals surface area (Å²) in [6.45, 7) is -0.258. The largest absolute Gasteiger partial charge is 0.335 e. The van der Waals surface area contributed by atoms with Crippen LogP contribution in [-0.2, 0) is 21.4 Å². The summed E-state index contributed by atoms with van der Waals surface area (Å²) in [5.74, 6) is -1.01. The van der Waals surface area contributed by atoms with Gasteiger partial charge in [0.2, 0.25) is 21.5 Å². The first kappa shape index (κ1) is 19.6. The topological polar surface area (TPSA) is 89.2 Å². The van der Waals surface area contributed by atoms with Crippen molar-refractivity contribution < 1.29 is 21.7 Å². The highest BCUT2D eigenvalue weighted by Crippen LogP contribution is 2.36. The average molecular weight is 420 g/mol. The Morgan fingerprint density at radius 3 is 2.86 bits per heavy atom. The van der Waals surface area contributed by atoms with Crippen molar-refractivity contribution in [2.75, 3.05) is 13.1 Å². The van der Waals surface area contributed by atoms with Crippen LogP contribution in [0, 0.1) is 5.82 Å². The summed E-state index contributed by atoms with van der Waals surface area (Å²) in [4.78, 5) is 8.09. The molecule has 2 aromatic heterocycles. The standard InChI is InChI=1S/C19H18F2N4O3S/c20-16-6-1-4-14(10-16)12-29(26,27)25-9-3-7-19(21,13-25)18-23-17(24-28-18)15-5-2-8-22-11-15/h1-2,4-6,8,10-11H,3,7,9,12-13H2. The smallest absolute Gasteiger partial charge is 0.266 e. The summed E-state index contributed by atoms with van der Waals surface area (Å²) in [6, 6.07) is 8.75. The molecule has 3 aromatic rings. The molecule has 0 N–H and O–H groups in total. The summed E-state index contributed by atoms with van der Waals surface area (Å²) in [7, 11) is -3.85. The SMILES string of the molecule is O=S(=O)(Cc1cccc(F)c1)N1CCCC(F)(c2nc(-c3cccnc3)no2)C1. The van der Waals surface area contributed by atoms with Crippen molar-refractivity contribution in [3.05, 3.63) is 66.1 Å².